The molecular weight excluding hydrogens is 1670 g/mol. The van der Waals surface area contributed by atoms with Crippen LogP contribution in [0.5, 0.6) is 0 Å². The maximum absolute atomic E-state index is 12.7. The fraction of sp³-hybridized carbons (Fsp3) is 0.350. The highest BCUT2D eigenvalue weighted by molar-refractivity contribution is 7.82. The Morgan fingerprint density at radius 1 is 0.192 bits per heavy atom. The van der Waals surface area contributed by atoms with Gasteiger partial charge in [0.1, 0.15) is 122 Å². The van der Waals surface area contributed by atoms with Crippen LogP contribution in [0.25, 0.3) is 0 Å². The average Bonchev–Trinajstić information content (AvgIpc) is 0.704. The van der Waals surface area contributed by atoms with Gasteiger partial charge < -0.3 is 75.8 Å². The van der Waals surface area contributed by atoms with Gasteiger partial charge in [-0.25, -0.2) is 52.6 Å². The summed E-state index contributed by atoms with van der Waals surface area (Å²) in [6, 6.07) is 69.7. The zero-order valence-electron chi connectivity index (χ0n) is 61.3. The Bertz CT molecular complexity index is 4940. The Labute approximate surface area is 681 Å². The number of benzene rings is 8. The Hall–Kier alpha value is -9.36. The lowest BCUT2D eigenvalue weighted by Gasteiger charge is -2.63. The lowest BCUT2D eigenvalue weighted by Crippen LogP contribution is -2.80. The lowest BCUT2D eigenvalue weighted by molar-refractivity contribution is -0.548. The number of rotatable bonds is 12. The van der Waals surface area contributed by atoms with Crippen LogP contribution in [0.4, 0.5) is 0 Å². The molecule has 0 N–H and O–H groups in total. The van der Waals surface area contributed by atoms with Gasteiger partial charge in [-0.05, 0) is 48.5 Å². The van der Waals surface area contributed by atoms with Crippen molar-refractivity contribution in [2.45, 2.75) is 170 Å². The van der Waals surface area contributed by atoms with Crippen molar-refractivity contribution >= 4 is 65.5 Å². The Morgan fingerprint density at radius 2 is 0.325 bits per heavy atom. The third kappa shape index (κ3) is 13.4. The summed E-state index contributed by atoms with van der Waals surface area (Å²) in [7, 11) is -17.0. The van der Waals surface area contributed by atoms with Gasteiger partial charge in [0, 0.05) is 22.3 Å². The molecule has 0 aromatic heterocycles. The molecule has 16 saturated heterocycles. The molecule has 0 radical (unpaired) electrons. The molecule has 28 rings (SSSR count). The number of hydrogen-bond acceptors (Lipinski definition) is 36. The van der Waals surface area contributed by atoms with Crippen LogP contribution < -0.4 is 0 Å². The van der Waals surface area contributed by atoms with Crippen LogP contribution in [0, 0.1) is 0 Å². The molecule has 0 amide bonds. The van der Waals surface area contributed by atoms with Crippen LogP contribution in [0.15, 0.2) is 243 Å². The first-order valence-corrected chi connectivity index (χ1v) is 43.0. The minimum absolute atomic E-state index is 0.347. The molecule has 8 aromatic rings. The summed E-state index contributed by atoms with van der Waals surface area (Å²) in [5, 5.41) is 0. The van der Waals surface area contributed by atoms with Crippen molar-refractivity contribution in [2.24, 2.45) is 0 Å². The summed E-state index contributed by atoms with van der Waals surface area (Å²) in [5.74, 6) is -8.58. The highest BCUT2D eigenvalue weighted by Gasteiger charge is 2.78. The fourth-order valence-corrected chi connectivity index (χ4v) is 21.7. The number of ether oxygens (including phenoxy) is 16. The quantitative estimate of drug-likeness (QED) is 0.115. The normalized spacial score (nSPS) is 40.1. The molecule has 16 aliphatic heterocycles. The maximum atomic E-state index is 12.7. The van der Waals surface area contributed by atoms with Crippen molar-refractivity contribution in [2.75, 3.05) is 0 Å². The van der Waals surface area contributed by atoms with Crippen molar-refractivity contribution in [1.82, 2.24) is 0 Å². The molecule has 20 aliphatic rings. The van der Waals surface area contributed by atoms with Crippen LogP contribution >= 0.6 is 0 Å². The Morgan fingerprint density at radius 3 is 0.475 bits per heavy atom. The SMILES string of the molecule is O=C(OC1[C@H]2OC3(c4ccccc4)OC4[C@H]2OS(=O)(=O)O[C@@H]4[C@H]1O3)c1ccccc1.O=C(OC1[C@H]2OC3(c4ccccc4)OC4[C@H]2OS(=O)(=O)O[C@@H]4[C@H]1O3)c1ccccc1.O=C(OC1[C@H]2OC3(c4ccccc4)OC4[C@H]2OS(=O)(=O)O[C@@H]4[C@H]1O3)c1ccccc1.O=C(OC1[C@H]2OC3(c4ccccc4)OC4[C@H]2OS(=O)(=O)O[C@@H]4[C@H]1O3)c1ccccc1. The highest BCUT2D eigenvalue weighted by atomic mass is 32.3. The Balaban J connectivity index is 0.0000000990. The topological polar surface area (TPSA) is 426 Å². The first kappa shape index (κ1) is 77.9. The molecule has 0 spiro atoms. The van der Waals surface area contributed by atoms with E-state index < -0.39 is 236 Å². The van der Waals surface area contributed by atoms with Crippen molar-refractivity contribution < 1.29 is 162 Å². The van der Waals surface area contributed by atoms with Gasteiger partial charge in [0.15, 0.2) is 24.4 Å². The average molecular weight is 1730 g/mol. The summed E-state index contributed by atoms with van der Waals surface area (Å²) < 4.78 is 233. The first-order valence-electron chi connectivity index (χ1n) is 37.7. The predicted molar refractivity (Wildman–Crippen MR) is 388 cm³/mol. The van der Waals surface area contributed by atoms with Gasteiger partial charge >= 0.3 is 89.4 Å². The van der Waals surface area contributed by atoms with E-state index in [2.05, 4.69) is 0 Å². The summed E-state index contributed by atoms with van der Waals surface area (Å²) in [5.41, 5.74) is 3.77. The van der Waals surface area contributed by atoms with E-state index in [9.17, 15) is 52.8 Å². The number of hydrogen-bond donors (Lipinski definition) is 0. The second-order valence-corrected chi connectivity index (χ2v) is 34.5. The van der Waals surface area contributed by atoms with E-state index in [4.69, 9.17) is 109 Å². The second kappa shape index (κ2) is 29.2. The second-order valence-electron chi connectivity index (χ2n) is 29.7. The molecule has 16 heterocycles. The van der Waals surface area contributed by atoms with Gasteiger partial charge in [-0.2, -0.15) is 33.7 Å². The summed E-state index contributed by atoms with van der Waals surface area (Å²) in [6.45, 7) is 0. The third-order valence-electron chi connectivity index (χ3n) is 22.6. The van der Waals surface area contributed by atoms with Crippen LogP contribution in [-0.2, 0) is 175 Å². The number of carbonyl (C=O) groups is 4. The highest BCUT2D eigenvalue weighted by Crippen LogP contribution is 2.60. The van der Waals surface area contributed by atoms with E-state index in [-0.39, 0.29) is 0 Å². The standard InChI is InChI=1S/4C20H16O9S/c4*21-19(11-7-3-1-4-8-11)24-13-14-17-16-18(29-30(22,23)28-17)15(13)26-20(25-14,27-16)12-9-5-2-6-10-12/h4*1-10,13-18H/t4*13?,14-,15+,16?,17+,18-,20?. The third-order valence-corrected chi connectivity index (χ3v) is 26.3. The molecule has 4 saturated carbocycles. The van der Waals surface area contributed by atoms with Gasteiger partial charge in [-0.1, -0.05) is 194 Å². The van der Waals surface area contributed by atoms with Gasteiger partial charge in [0.05, 0.1) is 22.3 Å². The van der Waals surface area contributed by atoms with Gasteiger partial charge in [0.2, 0.25) is 0 Å². The predicted octanol–water partition coefficient (Wildman–Crippen LogP) is 4.99. The molecule has 28 atom stereocenters. The minimum atomic E-state index is -4.26. The van der Waals surface area contributed by atoms with Crippen LogP contribution in [0.1, 0.15) is 63.7 Å². The number of esters is 4. The van der Waals surface area contributed by atoms with E-state index in [0.29, 0.717) is 44.5 Å². The molecule has 36 nitrogen and oxygen atoms in total. The van der Waals surface area contributed by atoms with Crippen LogP contribution in [0.3, 0.4) is 0 Å². The largest absolute Gasteiger partial charge is 0.453 e. The molecule has 24 bridgehead atoms. The summed E-state index contributed by atoms with van der Waals surface area (Å²) >= 11 is 0. The van der Waals surface area contributed by atoms with E-state index in [1.807, 2.05) is 24.3 Å². The summed E-state index contributed by atoms with van der Waals surface area (Å²) in [4.78, 5) is 50.7. The molecular formula is C80H64O36S4. The molecule has 40 heteroatoms. The fourth-order valence-electron chi connectivity index (χ4n) is 17.6. The maximum Gasteiger partial charge on any atom is 0.400 e. The minimum Gasteiger partial charge on any atom is -0.453 e. The van der Waals surface area contributed by atoms with Crippen molar-refractivity contribution in [3.05, 3.63) is 287 Å². The van der Waals surface area contributed by atoms with E-state index >= 15 is 0 Å². The first-order chi connectivity index (χ1) is 57.8. The van der Waals surface area contributed by atoms with Gasteiger partial charge in [0.25, 0.3) is 0 Å². The molecule has 4 aliphatic carbocycles. The van der Waals surface area contributed by atoms with Crippen molar-refractivity contribution in [3.63, 3.8) is 0 Å². The molecule has 20 fully saturated rings. The smallest absolute Gasteiger partial charge is 0.400 e. The zero-order chi connectivity index (χ0) is 82.0. The van der Waals surface area contributed by atoms with Crippen molar-refractivity contribution in [3.8, 4) is 0 Å². The van der Waals surface area contributed by atoms with E-state index in [1.54, 1.807) is 218 Å². The van der Waals surface area contributed by atoms with Crippen molar-refractivity contribution in [1.29, 1.82) is 0 Å². The van der Waals surface area contributed by atoms with Gasteiger partial charge in [-0.15, -0.1) is 0 Å². The lowest BCUT2D eigenvalue weighted by atomic mass is 9.81. The monoisotopic (exact) mass is 1730 g/mol. The molecule has 624 valence electrons. The van der Waals surface area contributed by atoms with Crippen LogP contribution in [0.2, 0.25) is 0 Å². The molecule has 8 aromatic carbocycles. The Kier molecular flexibility index (Phi) is 18.9. The van der Waals surface area contributed by atoms with E-state index in [0.717, 1.165) is 0 Å². The van der Waals surface area contributed by atoms with Crippen LogP contribution in [-0.4, -0.2) is 204 Å². The van der Waals surface area contributed by atoms with E-state index in [1.165, 1.54) is 0 Å². The number of carbonyl (C=O) groups excluding carboxylic acids is 4. The zero-order valence-corrected chi connectivity index (χ0v) is 64.5. The van der Waals surface area contributed by atoms with Gasteiger partial charge in [-0.3, -0.25) is 0 Å². The molecule has 12 unspecified atom stereocenters. The molecule has 120 heavy (non-hydrogen) atoms. The summed E-state index contributed by atoms with van der Waals surface area (Å²) in [6.07, 6.45) is -22.5.